The Balaban J connectivity index is 1.45. The molecule has 0 bridgehead atoms. The van der Waals surface area contributed by atoms with Crippen LogP contribution >= 0.6 is 0 Å². The fourth-order valence-electron chi connectivity index (χ4n) is 4.25. The first-order valence-electron chi connectivity index (χ1n) is 9.44. The average Bonchev–Trinajstić information content (AvgIpc) is 3.11. The second-order valence-electron chi connectivity index (χ2n) is 7.41. The van der Waals surface area contributed by atoms with E-state index in [1.54, 1.807) is 12.0 Å². The number of benzene rings is 1. The number of amides is 1. The summed E-state index contributed by atoms with van der Waals surface area (Å²) in [5.74, 6) is 0.561. The van der Waals surface area contributed by atoms with Gasteiger partial charge in [-0.15, -0.1) is 0 Å². The molecule has 148 valence electrons. The van der Waals surface area contributed by atoms with Crippen LogP contribution in [0.1, 0.15) is 23.3 Å². The fourth-order valence-corrected chi connectivity index (χ4v) is 4.25. The molecule has 0 unspecified atom stereocenters. The molecule has 2 fully saturated rings. The van der Waals surface area contributed by atoms with Gasteiger partial charge >= 0.3 is 0 Å². The lowest BCUT2D eigenvalue weighted by atomic mass is 9.78. The molecule has 4 rings (SSSR count). The number of ether oxygens (including phenoxy) is 2. The van der Waals surface area contributed by atoms with Gasteiger partial charge in [0, 0.05) is 19.3 Å². The van der Waals surface area contributed by atoms with Crippen LogP contribution in [0.5, 0.6) is 11.5 Å². The number of carbonyl (C=O) groups excluding carboxylic acids is 1. The molecule has 1 saturated heterocycles. The van der Waals surface area contributed by atoms with Gasteiger partial charge in [-0.05, 0) is 48.9 Å². The maximum absolute atomic E-state index is 13.9. The number of nitrogens with zero attached hydrogens (tertiary/aromatic N) is 2. The summed E-state index contributed by atoms with van der Waals surface area (Å²) in [6, 6.07) is 10.0. The average molecular weight is 386 g/mol. The van der Waals surface area contributed by atoms with Gasteiger partial charge in [-0.1, -0.05) is 12.1 Å². The number of aliphatic hydroxyl groups is 1. The van der Waals surface area contributed by atoms with Gasteiger partial charge in [0.25, 0.3) is 5.91 Å². The second kappa shape index (κ2) is 7.75. The molecule has 0 spiro atoms. The first-order valence-corrected chi connectivity index (χ1v) is 9.44. The summed E-state index contributed by atoms with van der Waals surface area (Å²) in [5.41, 5.74) is -0.150. The molecule has 1 saturated carbocycles. The molecule has 6 nitrogen and oxygen atoms in total. The topological polar surface area (TPSA) is 71.9 Å². The zero-order valence-corrected chi connectivity index (χ0v) is 15.6. The summed E-state index contributed by atoms with van der Waals surface area (Å²) in [5, 5.41) is 10.6. The van der Waals surface area contributed by atoms with Crippen LogP contribution in [0.4, 0.5) is 4.39 Å². The van der Waals surface area contributed by atoms with Gasteiger partial charge in [0.15, 0.2) is 23.0 Å². The van der Waals surface area contributed by atoms with E-state index in [0.29, 0.717) is 37.4 Å². The van der Waals surface area contributed by atoms with Crippen molar-refractivity contribution in [2.75, 3.05) is 20.2 Å². The minimum atomic E-state index is -0.632. The molecule has 7 heteroatoms. The van der Waals surface area contributed by atoms with E-state index in [-0.39, 0.29) is 23.6 Å². The van der Waals surface area contributed by atoms with Crippen LogP contribution < -0.4 is 9.47 Å². The number of halogens is 1. The van der Waals surface area contributed by atoms with Crippen LogP contribution in [-0.2, 0) is 0 Å². The Morgan fingerprint density at radius 3 is 2.57 bits per heavy atom. The van der Waals surface area contributed by atoms with Crippen molar-refractivity contribution >= 4 is 5.91 Å². The largest absolute Gasteiger partial charge is 0.493 e. The molecular weight excluding hydrogens is 363 g/mol. The zero-order valence-electron chi connectivity index (χ0n) is 15.6. The third-order valence-electron chi connectivity index (χ3n) is 5.68. The highest BCUT2D eigenvalue weighted by atomic mass is 19.1. The van der Waals surface area contributed by atoms with Gasteiger partial charge in [-0.2, -0.15) is 0 Å². The van der Waals surface area contributed by atoms with Crippen LogP contribution in [-0.4, -0.2) is 53.3 Å². The Morgan fingerprint density at radius 1 is 1.14 bits per heavy atom. The molecule has 1 aliphatic heterocycles. The standard InChI is InChI=1S/C21H23FN2O4/c1-27-17-6-2-3-7-18(17)28-19-10-14-12-24(11-13(14)9-16(19)25)21(26)20-15(22)5-4-8-23-20/h2-8,13-14,16,19,25H,9-12H2,1H3/t13-,14+,16+,19+/m0/s1. The molecule has 4 atom stereocenters. The number of fused-ring (bicyclic) bond motifs is 1. The summed E-state index contributed by atoms with van der Waals surface area (Å²) in [6.45, 7) is 1.01. The van der Waals surface area contributed by atoms with Crippen LogP contribution in [0.25, 0.3) is 0 Å². The highest BCUT2D eigenvalue weighted by molar-refractivity contribution is 5.92. The van der Waals surface area contributed by atoms with E-state index in [1.165, 1.54) is 18.3 Å². The van der Waals surface area contributed by atoms with Gasteiger partial charge in [-0.3, -0.25) is 4.79 Å². The van der Waals surface area contributed by atoms with Crippen LogP contribution in [0, 0.1) is 17.7 Å². The fraction of sp³-hybridized carbons (Fsp3) is 0.429. The first kappa shape index (κ1) is 18.7. The number of likely N-dealkylation sites (tertiary alicyclic amines) is 1. The van der Waals surface area contributed by atoms with Crippen molar-refractivity contribution in [1.29, 1.82) is 0 Å². The van der Waals surface area contributed by atoms with Gasteiger partial charge in [0.1, 0.15) is 6.10 Å². The van der Waals surface area contributed by atoms with Crippen molar-refractivity contribution < 1.29 is 23.8 Å². The number of hydrogen-bond acceptors (Lipinski definition) is 5. The SMILES string of the molecule is COc1ccccc1O[C@@H]1C[C@@H]2CN(C(=O)c3ncccc3F)C[C@@H]2C[C@H]1O. The van der Waals surface area contributed by atoms with Gasteiger partial charge in [0.2, 0.25) is 0 Å². The molecule has 2 aromatic rings. The summed E-state index contributed by atoms with van der Waals surface area (Å²) in [6.07, 6.45) is 1.57. The first-order chi connectivity index (χ1) is 13.6. The maximum Gasteiger partial charge on any atom is 0.275 e. The number of methoxy groups -OCH3 is 1. The third-order valence-corrected chi connectivity index (χ3v) is 5.68. The molecule has 1 amide bonds. The number of aliphatic hydroxyl groups excluding tert-OH is 1. The minimum Gasteiger partial charge on any atom is -0.493 e. The number of para-hydroxylation sites is 2. The van der Waals surface area contributed by atoms with Gasteiger partial charge < -0.3 is 19.5 Å². The Kier molecular flexibility index (Phi) is 5.17. The smallest absolute Gasteiger partial charge is 0.275 e. The lowest BCUT2D eigenvalue weighted by Gasteiger charge is -2.35. The molecule has 2 aliphatic rings. The lowest BCUT2D eigenvalue weighted by Crippen LogP contribution is -2.42. The molecule has 1 aromatic heterocycles. The molecule has 1 aliphatic carbocycles. The van der Waals surface area contributed by atoms with Gasteiger partial charge in [0.05, 0.1) is 13.2 Å². The normalized spacial score (nSPS) is 26.6. The highest BCUT2D eigenvalue weighted by Crippen LogP contribution is 2.39. The molecule has 1 N–H and O–H groups in total. The van der Waals surface area contributed by atoms with E-state index in [0.717, 1.165) is 0 Å². The van der Waals surface area contributed by atoms with Crippen LogP contribution in [0.2, 0.25) is 0 Å². The second-order valence-corrected chi connectivity index (χ2v) is 7.41. The number of aromatic nitrogens is 1. The number of hydrogen-bond donors (Lipinski definition) is 1. The van der Waals surface area contributed by atoms with Gasteiger partial charge in [-0.25, -0.2) is 9.37 Å². The summed E-state index contributed by atoms with van der Waals surface area (Å²) >= 11 is 0. The zero-order chi connectivity index (χ0) is 19.7. The van der Waals surface area contributed by atoms with Crippen molar-refractivity contribution in [3.63, 3.8) is 0 Å². The van der Waals surface area contributed by atoms with Crippen LogP contribution in [0.15, 0.2) is 42.6 Å². The van der Waals surface area contributed by atoms with E-state index < -0.39 is 17.8 Å². The Bertz CT molecular complexity index is 862. The highest BCUT2D eigenvalue weighted by Gasteiger charge is 2.44. The van der Waals surface area contributed by atoms with Crippen molar-refractivity contribution in [3.8, 4) is 11.5 Å². The summed E-state index contributed by atoms with van der Waals surface area (Å²) < 4.78 is 25.3. The molecule has 0 radical (unpaired) electrons. The van der Waals surface area contributed by atoms with Crippen LogP contribution in [0.3, 0.4) is 0 Å². The number of rotatable bonds is 4. The quantitative estimate of drug-likeness (QED) is 0.874. The number of pyridine rings is 1. The third kappa shape index (κ3) is 3.54. The van der Waals surface area contributed by atoms with E-state index in [2.05, 4.69) is 4.98 Å². The van der Waals surface area contributed by atoms with E-state index >= 15 is 0 Å². The van der Waals surface area contributed by atoms with Crippen molar-refractivity contribution in [2.24, 2.45) is 11.8 Å². The Labute approximate surface area is 162 Å². The van der Waals surface area contributed by atoms with Crippen molar-refractivity contribution in [3.05, 3.63) is 54.1 Å². The monoisotopic (exact) mass is 386 g/mol. The van der Waals surface area contributed by atoms with Crippen molar-refractivity contribution in [1.82, 2.24) is 9.88 Å². The van der Waals surface area contributed by atoms with E-state index in [4.69, 9.17) is 9.47 Å². The minimum absolute atomic E-state index is 0.150. The molecular formula is C21H23FN2O4. The van der Waals surface area contributed by atoms with Crippen molar-refractivity contribution in [2.45, 2.75) is 25.0 Å². The molecule has 28 heavy (non-hydrogen) atoms. The molecule has 1 aromatic carbocycles. The van der Waals surface area contributed by atoms with E-state index in [1.807, 2.05) is 24.3 Å². The summed E-state index contributed by atoms with van der Waals surface area (Å²) in [4.78, 5) is 18.2. The number of carbonyl (C=O) groups is 1. The Hall–Kier alpha value is -2.67. The predicted octanol–water partition coefficient (Wildman–Crippen LogP) is 2.52. The molecule has 2 heterocycles. The maximum atomic E-state index is 13.9. The van der Waals surface area contributed by atoms with E-state index in [9.17, 15) is 14.3 Å². The summed E-state index contributed by atoms with van der Waals surface area (Å²) in [7, 11) is 1.58. The predicted molar refractivity (Wildman–Crippen MR) is 99.7 cm³/mol. The Morgan fingerprint density at radius 2 is 1.86 bits per heavy atom. The lowest BCUT2D eigenvalue weighted by molar-refractivity contribution is -0.0240.